The molecule has 0 bridgehead atoms. The summed E-state index contributed by atoms with van der Waals surface area (Å²) in [5.41, 5.74) is -3.02. The summed E-state index contributed by atoms with van der Waals surface area (Å²) in [7, 11) is 0. The SMILES string of the molecule is O=C(NC1(C(F)(F)F)C(=O)Nc2nc3ccccc3n21)c1ccccc1Br. The number of para-hydroxylation sites is 2. The quantitative estimate of drug-likeness (QED) is 0.643. The molecule has 138 valence electrons. The van der Waals surface area contributed by atoms with E-state index in [4.69, 9.17) is 0 Å². The number of rotatable bonds is 2. The van der Waals surface area contributed by atoms with Gasteiger partial charge >= 0.3 is 6.18 Å². The minimum Gasteiger partial charge on any atom is -0.313 e. The van der Waals surface area contributed by atoms with Gasteiger partial charge in [0.05, 0.1) is 16.6 Å². The van der Waals surface area contributed by atoms with Crippen LogP contribution in [-0.2, 0) is 10.5 Å². The molecule has 2 amide bonds. The monoisotopic (exact) mass is 438 g/mol. The minimum atomic E-state index is -5.12. The molecular formula is C17H10BrF3N4O2. The summed E-state index contributed by atoms with van der Waals surface area (Å²) < 4.78 is 43.6. The number of aromatic nitrogens is 2. The van der Waals surface area contributed by atoms with E-state index in [0.29, 0.717) is 9.04 Å². The zero-order valence-corrected chi connectivity index (χ0v) is 14.9. The minimum absolute atomic E-state index is 0.0354. The average Bonchev–Trinajstić information content (AvgIpc) is 3.09. The molecule has 0 saturated heterocycles. The number of fused-ring (bicyclic) bond motifs is 3. The maximum absolute atomic E-state index is 14.2. The summed E-state index contributed by atoms with van der Waals surface area (Å²) in [4.78, 5) is 29.1. The highest BCUT2D eigenvalue weighted by molar-refractivity contribution is 9.10. The van der Waals surface area contributed by atoms with Gasteiger partial charge in [-0.05, 0) is 40.2 Å². The van der Waals surface area contributed by atoms with Crippen LogP contribution >= 0.6 is 15.9 Å². The van der Waals surface area contributed by atoms with Gasteiger partial charge in [0, 0.05) is 4.47 Å². The molecule has 2 N–H and O–H groups in total. The smallest absolute Gasteiger partial charge is 0.313 e. The number of hydrogen-bond acceptors (Lipinski definition) is 3. The highest BCUT2D eigenvalue weighted by atomic mass is 79.9. The van der Waals surface area contributed by atoms with Crippen LogP contribution in [0.3, 0.4) is 0 Å². The van der Waals surface area contributed by atoms with Gasteiger partial charge < -0.3 is 5.32 Å². The first kappa shape index (κ1) is 17.5. The van der Waals surface area contributed by atoms with Crippen LogP contribution in [0.1, 0.15) is 10.4 Å². The molecule has 0 fully saturated rings. The second kappa shape index (κ2) is 5.81. The predicted molar refractivity (Wildman–Crippen MR) is 94.0 cm³/mol. The lowest BCUT2D eigenvalue weighted by Gasteiger charge is -2.32. The molecule has 0 saturated carbocycles. The van der Waals surface area contributed by atoms with Crippen molar-refractivity contribution < 1.29 is 22.8 Å². The van der Waals surface area contributed by atoms with Crippen LogP contribution in [0.2, 0.25) is 0 Å². The van der Waals surface area contributed by atoms with E-state index in [-0.39, 0.29) is 22.5 Å². The number of benzene rings is 2. The van der Waals surface area contributed by atoms with E-state index in [2.05, 4.69) is 26.2 Å². The third-order valence-corrected chi connectivity index (χ3v) is 4.96. The molecule has 10 heteroatoms. The highest BCUT2D eigenvalue weighted by Crippen LogP contribution is 2.44. The Kier molecular flexibility index (Phi) is 3.77. The first-order chi connectivity index (χ1) is 12.8. The van der Waals surface area contributed by atoms with Crippen molar-refractivity contribution in [1.29, 1.82) is 0 Å². The Morgan fingerprint density at radius 1 is 1.15 bits per heavy atom. The van der Waals surface area contributed by atoms with Gasteiger partial charge in [-0.1, -0.05) is 24.3 Å². The Morgan fingerprint density at radius 2 is 1.81 bits per heavy atom. The van der Waals surface area contributed by atoms with Crippen LogP contribution in [0.5, 0.6) is 0 Å². The van der Waals surface area contributed by atoms with E-state index in [9.17, 15) is 22.8 Å². The zero-order chi connectivity index (χ0) is 19.4. The van der Waals surface area contributed by atoms with E-state index in [1.165, 1.54) is 36.4 Å². The summed E-state index contributed by atoms with van der Waals surface area (Å²) in [5.74, 6) is -2.77. The molecule has 4 rings (SSSR count). The molecule has 0 radical (unpaired) electrons. The van der Waals surface area contributed by atoms with E-state index < -0.39 is 23.7 Å². The van der Waals surface area contributed by atoms with Gasteiger partial charge in [-0.2, -0.15) is 13.2 Å². The molecule has 0 spiro atoms. The summed E-state index contributed by atoms with van der Waals surface area (Å²) in [6.07, 6.45) is -5.12. The van der Waals surface area contributed by atoms with Crippen LogP contribution in [0.25, 0.3) is 11.0 Å². The van der Waals surface area contributed by atoms with E-state index in [1.807, 2.05) is 5.32 Å². The fraction of sp³-hybridized carbons (Fsp3) is 0.118. The average molecular weight is 439 g/mol. The Hall–Kier alpha value is -2.88. The Labute approximate surface area is 158 Å². The fourth-order valence-corrected chi connectivity index (χ4v) is 3.52. The summed E-state index contributed by atoms with van der Waals surface area (Å²) in [6, 6.07) is 12.0. The zero-order valence-electron chi connectivity index (χ0n) is 13.3. The Balaban J connectivity index is 1.92. The summed E-state index contributed by atoms with van der Waals surface area (Å²) in [5, 5.41) is 4.01. The second-order valence-electron chi connectivity index (χ2n) is 5.86. The number of amides is 2. The summed E-state index contributed by atoms with van der Waals surface area (Å²) in [6.45, 7) is 0. The van der Waals surface area contributed by atoms with Crippen molar-refractivity contribution in [3.05, 3.63) is 58.6 Å². The van der Waals surface area contributed by atoms with Gasteiger partial charge in [0.2, 0.25) is 5.95 Å². The number of alkyl halides is 3. The van der Waals surface area contributed by atoms with Crippen molar-refractivity contribution in [3.8, 4) is 0 Å². The first-order valence-corrected chi connectivity index (χ1v) is 8.48. The molecule has 1 aliphatic rings. The standard InChI is InChI=1S/C17H10BrF3N4O2/c18-10-6-2-1-5-9(10)13(26)24-16(17(19,20)21)14(27)23-15-22-11-7-3-4-8-12(11)25(15)16/h1-8H,(H,24,26)(H,22,23,27). The number of nitrogens with one attached hydrogen (secondary N) is 2. The number of anilines is 1. The molecule has 2 aromatic carbocycles. The Morgan fingerprint density at radius 3 is 2.52 bits per heavy atom. The van der Waals surface area contributed by atoms with Crippen LogP contribution in [0.15, 0.2) is 53.0 Å². The number of halogens is 4. The van der Waals surface area contributed by atoms with Crippen molar-refractivity contribution in [2.24, 2.45) is 0 Å². The fourth-order valence-electron chi connectivity index (χ4n) is 3.06. The normalized spacial score (nSPS) is 19.0. The second-order valence-corrected chi connectivity index (χ2v) is 6.71. The lowest BCUT2D eigenvalue weighted by atomic mass is 10.1. The third-order valence-electron chi connectivity index (χ3n) is 4.27. The van der Waals surface area contributed by atoms with Crippen molar-refractivity contribution in [1.82, 2.24) is 14.9 Å². The number of nitrogens with zero attached hydrogens (tertiary/aromatic N) is 2. The molecule has 1 atom stereocenters. The molecule has 0 aliphatic carbocycles. The molecule has 3 aromatic rings. The Bertz CT molecular complexity index is 1100. The maximum atomic E-state index is 14.2. The van der Waals surface area contributed by atoms with Crippen LogP contribution in [-0.4, -0.2) is 27.5 Å². The van der Waals surface area contributed by atoms with E-state index in [0.717, 1.165) is 0 Å². The van der Waals surface area contributed by atoms with Gasteiger partial charge in [-0.3, -0.25) is 19.5 Å². The third kappa shape index (κ3) is 2.43. The molecule has 1 unspecified atom stereocenters. The van der Waals surface area contributed by atoms with Gasteiger partial charge in [0.1, 0.15) is 0 Å². The van der Waals surface area contributed by atoms with Crippen LogP contribution in [0.4, 0.5) is 19.1 Å². The van der Waals surface area contributed by atoms with E-state index in [1.54, 1.807) is 12.1 Å². The van der Waals surface area contributed by atoms with E-state index >= 15 is 0 Å². The predicted octanol–water partition coefficient (Wildman–Crippen LogP) is 3.40. The van der Waals surface area contributed by atoms with Crippen LogP contribution < -0.4 is 10.6 Å². The number of hydrogen-bond donors (Lipinski definition) is 2. The first-order valence-electron chi connectivity index (χ1n) is 7.69. The highest BCUT2D eigenvalue weighted by Gasteiger charge is 2.67. The van der Waals surface area contributed by atoms with Gasteiger partial charge in [-0.15, -0.1) is 0 Å². The molecule has 27 heavy (non-hydrogen) atoms. The van der Waals surface area contributed by atoms with Crippen molar-refractivity contribution >= 4 is 44.7 Å². The molecule has 6 nitrogen and oxygen atoms in total. The van der Waals surface area contributed by atoms with Crippen molar-refractivity contribution in [2.45, 2.75) is 11.8 Å². The van der Waals surface area contributed by atoms with Crippen LogP contribution in [0, 0.1) is 0 Å². The molecule has 1 aliphatic heterocycles. The summed E-state index contributed by atoms with van der Waals surface area (Å²) >= 11 is 3.13. The topological polar surface area (TPSA) is 76.0 Å². The largest absolute Gasteiger partial charge is 0.440 e. The van der Waals surface area contributed by atoms with Gasteiger partial charge in [-0.25, -0.2) is 4.98 Å². The lowest BCUT2D eigenvalue weighted by molar-refractivity contribution is -0.213. The molecule has 1 aromatic heterocycles. The molecule has 2 heterocycles. The number of imidazole rings is 1. The van der Waals surface area contributed by atoms with Crippen molar-refractivity contribution in [2.75, 3.05) is 5.32 Å². The lowest BCUT2D eigenvalue weighted by Crippen LogP contribution is -2.63. The number of carbonyl (C=O) groups excluding carboxylic acids is 2. The van der Waals surface area contributed by atoms with Gasteiger partial charge in [0.15, 0.2) is 0 Å². The van der Waals surface area contributed by atoms with Gasteiger partial charge in [0.25, 0.3) is 17.5 Å². The maximum Gasteiger partial charge on any atom is 0.440 e. The number of carbonyl (C=O) groups is 2. The molecular weight excluding hydrogens is 429 g/mol. The van der Waals surface area contributed by atoms with Crippen molar-refractivity contribution in [3.63, 3.8) is 0 Å².